The molecule has 3 nitrogen and oxygen atoms in total. The van der Waals surface area contributed by atoms with Crippen LogP contribution in [-0.4, -0.2) is 24.7 Å². The van der Waals surface area contributed by atoms with Crippen LogP contribution in [0, 0.1) is 5.92 Å². The van der Waals surface area contributed by atoms with Gasteiger partial charge in [-0.1, -0.05) is 6.07 Å². The number of nitrogens with zero attached hydrogens (tertiary/aromatic N) is 1. The van der Waals surface area contributed by atoms with Gasteiger partial charge in [0.1, 0.15) is 0 Å². The van der Waals surface area contributed by atoms with Crippen molar-refractivity contribution in [2.45, 2.75) is 25.9 Å². The van der Waals surface area contributed by atoms with Crippen molar-refractivity contribution in [1.29, 1.82) is 0 Å². The molecule has 1 aromatic heterocycles. The molecule has 0 unspecified atom stereocenters. The Kier molecular flexibility index (Phi) is 4.31. The molecule has 88 valence electrons. The van der Waals surface area contributed by atoms with E-state index in [1.165, 1.54) is 12.8 Å². The summed E-state index contributed by atoms with van der Waals surface area (Å²) in [5, 5.41) is 3.40. The number of ether oxygens (including phenoxy) is 1. The normalized spacial score (nSPS) is 22.9. The van der Waals surface area contributed by atoms with Gasteiger partial charge in [0.25, 0.3) is 0 Å². The molecule has 1 saturated heterocycles. The number of rotatable bonds is 4. The highest BCUT2D eigenvalue weighted by molar-refractivity contribution is 5.05. The fourth-order valence-corrected chi connectivity index (χ4v) is 2.05. The number of aromatic nitrogens is 1. The quantitative estimate of drug-likeness (QED) is 0.844. The summed E-state index contributed by atoms with van der Waals surface area (Å²) in [6, 6.07) is 5.95. The predicted octanol–water partition coefficient (Wildman–Crippen LogP) is 2.16. The van der Waals surface area contributed by atoms with Gasteiger partial charge in [-0.05, 0) is 44.4 Å². The maximum atomic E-state index is 5.86. The van der Waals surface area contributed by atoms with Gasteiger partial charge in [0.15, 0.2) is 0 Å². The van der Waals surface area contributed by atoms with Crippen LogP contribution in [0.4, 0.5) is 0 Å². The average Bonchev–Trinajstić information content (AvgIpc) is 2.38. The minimum atomic E-state index is 0.100. The zero-order chi connectivity index (χ0) is 11.2. The van der Waals surface area contributed by atoms with Gasteiger partial charge >= 0.3 is 0 Å². The van der Waals surface area contributed by atoms with Crippen LogP contribution in [0.1, 0.15) is 31.6 Å². The second kappa shape index (κ2) is 5.97. The highest BCUT2D eigenvalue weighted by Crippen LogP contribution is 2.17. The van der Waals surface area contributed by atoms with Crippen LogP contribution < -0.4 is 5.32 Å². The highest BCUT2D eigenvalue weighted by atomic mass is 16.5. The van der Waals surface area contributed by atoms with E-state index in [9.17, 15) is 0 Å². The molecule has 0 aliphatic carbocycles. The van der Waals surface area contributed by atoms with Gasteiger partial charge in [-0.25, -0.2) is 0 Å². The van der Waals surface area contributed by atoms with Crippen LogP contribution in [0.3, 0.4) is 0 Å². The minimum absolute atomic E-state index is 0.100. The first-order valence-electron chi connectivity index (χ1n) is 6.09. The Bertz CT molecular complexity index is 296. The number of piperidine rings is 1. The lowest BCUT2D eigenvalue weighted by atomic mass is 10.0. The standard InChI is InChI=1S/C13H20N2O/c1-11(13-6-2-3-8-15-13)16-10-12-5-4-7-14-9-12/h2-3,6,8,11-12,14H,4-5,7,9-10H2,1H3/t11-,12+/m0/s1. The molecular formula is C13H20N2O. The van der Waals surface area contributed by atoms with Crippen LogP contribution in [0.2, 0.25) is 0 Å². The van der Waals surface area contributed by atoms with E-state index in [2.05, 4.69) is 17.2 Å². The van der Waals surface area contributed by atoms with Crippen LogP contribution in [0.5, 0.6) is 0 Å². The Morgan fingerprint density at radius 1 is 1.56 bits per heavy atom. The van der Waals surface area contributed by atoms with Crippen LogP contribution in [0.25, 0.3) is 0 Å². The van der Waals surface area contributed by atoms with Crippen LogP contribution in [-0.2, 0) is 4.74 Å². The highest BCUT2D eigenvalue weighted by Gasteiger charge is 2.15. The third-order valence-electron chi connectivity index (χ3n) is 3.09. The Labute approximate surface area is 97.2 Å². The Morgan fingerprint density at radius 2 is 2.50 bits per heavy atom. The minimum Gasteiger partial charge on any atom is -0.372 e. The second-order valence-corrected chi connectivity index (χ2v) is 4.44. The molecule has 0 aromatic carbocycles. The number of hydrogen-bond donors (Lipinski definition) is 1. The molecule has 1 aliphatic heterocycles. The fraction of sp³-hybridized carbons (Fsp3) is 0.615. The van der Waals surface area contributed by atoms with E-state index in [1.54, 1.807) is 0 Å². The van der Waals surface area contributed by atoms with Gasteiger partial charge in [-0.3, -0.25) is 4.98 Å². The predicted molar refractivity (Wildman–Crippen MR) is 64.2 cm³/mol. The molecule has 2 atom stereocenters. The van der Waals surface area contributed by atoms with Crippen molar-refractivity contribution >= 4 is 0 Å². The molecule has 0 saturated carbocycles. The zero-order valence-electron chi connectivity index (χ0n) is 9.86. The summed E-state index contributed by atoms with van der Waals surface area (Å²) in [6.45, 7) is 5.16. The lowest BCUT2D eigenvalue weighted by Crippen LogP contribution is -2.32. The maximum absolute atomic E-state index is 5.86. The van der Waals surface area contributed by atoms with Gasteiger partial charge in [0, 0.05) is 12.7 Å². The van der Waals surface area contributed by atoms with E-state index >= 15 is 0 Å². The second-order valence-electron chi connectivity index (χ2n) is 4.44. The molecule has 1 N–H and O–H groups in total. The van der Waals surface area contributed by atoms with E-state index < -0.39 is 0 Å². The van der Waals surface area contributed by atoms with E-state index in [4.69, 9.17) is 4.74 Å². The number of pyridine rings is 1. The van der Waals surface area contributed by atoms with Crippen molar-refractivity contribution in [2.24, 2.45) is 5.92 Å². The molecule has 0 radical (unpaired) electrons. The molecule has 0 bridgehead atoms. The van der Waals surface area contributed by atoms with Gasteiger partial charge in [-0.2, -0.15) is 0 Å². The van der Waals surface area contributed by atoms with Crippen molar-refractivity contribution in [3.8, 4) is 0 Å². The molecule has 16 heavy (non-hydrogen) atoms. The Morgan fingerprint density at radius 3 is 3.19 bits per heavy atom. The summed E-state index contributed by atoms with van der Waals surface area (Å²) in [5.74, 6) is 0.667. The van der Waals surface area contributed by atoms with Crippen molar-refractivity contribution < 1.29 is 4.74 Å². The lowest BCUT2D eigenvalue weighted by molar-refractivity contribution is 0.0312. The molecule has 2 heterocycles. The van der Waals surface area contributed by atoms with Crippen molar-refractivity contribution in [3.05, 3.63) is 30.1 Å². The topological polar surface area (TPSA) is 34.1 Å². The fourth-order valence-electron chi connectivity index (χ4n) is 2.05. The summed E-state index contributed by atoms with van der Waals surface area (Å²) in [5.41, 5.74) is 1.02. The van der Waals surface area contributed by atoms with Crippen molar-refractivity contribution in [1.82, 2.24) is 10.3 Å². The summed E-state index contributed by atoms with van der Waals surface area (Å²) in [6.07, 6.45) is 4.47. The smallest absolute Gasteiger partial charge is 0.0966 e. The van der Waals surface area contributed by atoms with E-state index in [1.807, 2.05) is 24.4 Å². The first-order valence-corrected chi connectivity index (χ1v) is 6.09. The van der Waals surface area contributed by atoms with Crippen LogP contribution in [0.15, 0.2) is 24.4 Å². The largest absolute Gasteiger partial charge is 0.372 e. The maximum Gasteiger partial charge on any atom is 0.0966 e. The monoisotopic (exact) mass is 220 g/mol. The molecule has 0 amide bonds. The number of nitrogens with one attached hydrogen (secondary N) is 1. The third kappa shape index (κ3) is 3.29. The molecule has 2 rings (SSSR count). The van der Waals surface area contributed by atoms with E-state index in [-0.39, 0.29) is 6.10 Å². The SMILES string of the molecule is C[C@H](OC[C@@H]1CCCNC1)c1ccccn1. The van der Waals surface area contributed by atoms with E-state index in [0.29, 0.717) is 5.92 Å². The summed E-state index contributed by atoms with van der Waals surface area (Å²) in [7, 11) is 0. The summed E-state index contributed by atoms with van der Waals surface area (Å²) < 4.78 is 5.86. The molecule has 1 aromatic rings. The Balaban J connectivity index is 1.77. The zero-order valence-corrected chi connectivity index (χ0v) is 9.86. The van der Waals surface area contributed by atoms with Gasteiger partial charge in [0.2, 0.25) is 0 Å². The van der Waals surface area contributed by atoms with Gasteiger partial charge < -0.3 is 10.1 Å². The number of hydrogen-bond acceptors (Lipinski definition) is 3. The van der Waals surface area contributed by atoms with Crippen molar-refractivity contribution in [2.75, 3.05) is 19.7 Å². The van der Waals surface area contributed by atoms with Gasteiger partial charge in [0.05, 0.1) is 18.4 Å². The summed E-state index contributed by atoms with van der Waals surface area (Å²) >= 11 is 0. The first-order chi connectivity index (χ1) is 7.86. The molecule has 3 heteroatoms. The molecule has 1 fully saturated rings. The molecule has 1 aliphatic rings. The Hall–Kier alpha value is -0.930. The van der Waals surface area contributed by atoms with E-state index in [0.717, 1.165) is 25.4 Å². The third-order valence-corrected chi connectivity index (χ3v) is 3.09. The lowest BCUT2D eigenvalue weighted by Gasteiger charge is -2.24. The first kappa shape index (κ1) is 11.6. The average molecular weight is 220 g/mol. The van der Waals surface area contributed by atoms with Crippen molar-refractivity contribution in [3.63, 3.8) is 0 Å². The van der Waals surface area contributed by atoms with Gasteiger partial charge in [-0.15, -0.1) is 0 Å². The molecule has 0 spiro atoms. The molecular weight excluding hydrogens is 200 g/mol. The summed E-state index contributed by atoms with van der Waals surface area (Å²) in [4.78, 5) is 4.30. The van der Waals surface area contributed by atoms with Crippen LogP contribution >= 0.6 is 0 Å².